The van der Waals surface area contributed by atoms with E-state index < -0.39 is 0 Å². The van der Waals surface area contributed by atoms with Gasteiger partial charge in [-0.05, 0) is 41.5 Å². The van der Waals surface area contributed by atoms with Crippen LogP contribution in [0, 0.1) is 0 Å². The van der Waals surface area contributed by atoms with Crippen molar-refractivity contribution in [1.82, 2.24) is 0 Å². The second-order valence-corrected chi connectivity index (χ2v) is 6.06. The van der Waals surface area contributed by atoms with Gasteiger partial charge in [0.2, 0.25) is 5.43 Å². The molecular formula is C12H20N2O2. The summed E-state index contributed by atoms with van der Waals surface area (Å²) in [5, 5.41) is 12.9. The normalized spacial score (nSPS) is 14.5. The summed E-state index contributed by atoms with van der Waals surface area (Å²) in [5.41, 5.74) is -0.437. The number of aromatic hydroxyl groups is 1. The topological polar surface area (TPSA) is 61.7 Å². The van der Waals surface area contributed by atoms with Gasteiger partial charge in [-0.15, -0.1) is 0 Å². The first-order valence-corrected chi connectivity index (χ1v) is 5.37. The lowest BCUT2D eigenvalue weighted by atomic mass is 10.1. The van der Waals surface area contributed by atoms with Gasteiger partial charge >= 0.3 is 0 Å². The largest absolute Gasteiger partial charge is 0.503 e. The van der Waals surface area contributed by atoms with Crippen molar-refractivity contribution in [3.63, 3.8) is 0 Å². The summed E-state index contributed by atoms with van der Waals surface area (Å²) in [6, 6.07) is 0. The molecule has 4 nitrogen and oxygen atoms in total. The van der Waals surface area contributed by atoms with Gasteiger partial charge in [0.25, 0.3) is 0 Å². The number of nitrogens with zero attached hydrogens (tertiary/aromatic N) is 1. The van der Waals surface area contributed by atoms with Crippen LogP contribution in [-0.2, 0) is 0 Å². The van der Waals surface area contributed by atoms with Crippen LogP contribution in [0.1, 0.15) is 41.5 Å². The number of anilines is 1. The van der Waals surface area contributed by atoms with E-state index in [0.29, 0.717) is 11.0 Å². The molecule has 0 unspecified atom stereocenters. The van der Waals surface area contributed by atoms with Crippen molar-refractivity contribution in [3.8, 4) is 5.75 Å². The highest BCUT2D eigenvalue weighted by Crippen LogP contribution is 2.20. The highest BCUT2D eigenvalue weighted by Gasteiger charge is 2.23. The molecule has 0 aromatic heterocycles. The number of hydrogen-bond donors (Lipinski definition) is 2. The van der Waals surface area contributed by atoms with Crippen LogP contribution in [0.3, 0.4) is 0 Å². The lowest BCUT2D eigenvalue weighted by molar-refractivity contribution is 0.457. The van der Waals surface area contributed by atoms with Crippen molar-refractivity contribution in [2.24, 2.45) is 4.99 Å². The van der Waals surface area contributed by atoms with E-state index in [2.05, 4.69) is 10.3 Å². The van der Waals surface area contributed by atoms with E-state index in [4.69, 9.17) is 0 Å². The van der Waals surface area contributed by atoms with Crippen molar-refractivity contribution in [1.29, 1.82) is 0 Å². The molecule has 0 aliphatic heterocycles. The predicted molar refractivity (Wildman–Crippen MR) is 65.4 cm³/mol. The smallest absolute Gasteiger partial charge is 0.249 e. The van der Waals surface area contributed by atoms with Crippen LogP contribution in [0.25, 0.3) is 0 Å². The Balaban J connectivity index is 3.19. The van der Waals surface area contributed by atoms with E-state index in [1.165, 1.54) is 0 Å². The lowest BCUT2D eigenvalue weighted by Gasteiger charge is -2.24. The standard InChI is InChI=1S/C12H20N2O2/c1-11(2,3)13-7-8(10(16)9(7)15)14-12(4,5)6/h13,15H,1-6H3/b14-8-. The summed E-state index contributed by atoms with van der Waals surface area (Å²) >= 11 is 0. The summed E-state index contributed by atoms with van der Waals surface area (Å²) < 4.78 is 0. The molecule has 0 aliphatic carbocycles. The molecule has 90 valence electrons. The molecule has 0 radical (unpaired) electrons. The third-order valence-electron chi connectivity index (χ3n) is 1.85. The number of nitrogens with one attached hydrogen (secondary N) is 1. The maximum absolute atomic E-state index is 11.5. The molecular weight excluding hydrogens is 204 g/mol. The Labute approximate surface area is 95.7 Å². The van der Waals surface area contributed by atoms with Gasteiger partial charge in [-0.2, -0.15) is 0 Å². The number of rotatable bonds is 1. The van der Waals surface area contributed by atoms with Gasteiger partial charge in [0.1, 0.15) is 11.0 Å². The molecule has 0 heterocycles. The molecule has 0 saturated heterocycles. The van der Waals surface area contributed by atoms with Gasteiger partial charge in [0.15, 0.2) is 5.75 Å². The van der Waals surface area contributed by atoms with Gasteiger partial charge in [-0.3, -0.25) is 9.79 Å². The summed E-state index contributed by atoms with van der Waals surface area (Å²) in [6.07, 6.45) is 0. The Morgan fingerprint density at radius 1 is 1.12 bits per heavy atom. The average molecular weight is 224 g/mol. The van der Waals surface area contributed by atoms with E-state index in [1.54, 1.807) is 0 Å². The predicted octanol–water partition coefficient (Wildman–Crippen LogP) is 1.54. The maximum atomic E-state index is 11.5. The maximum Gasteiger partial charge on any atom is 0.249 e. The monoisotopic (exact) mass is 224 g/mol. The Hall–Kier alpha value is -1.32. The molecule has 0 aliphatic rings. The van der Waals surface area contributed by atoms with Crippen molar-refractivity contribution >= 4 is 5.69 Å². The quantitative estimate of drug-likeness (QED) is 0.760. The molecule has 16 heavy (non-hydrogen) atoms. The lowest BCUT2D eigenvalue weighted by Crippen LogP contribution is -2.41. The Bertz CT molecular complexity index is 466. The van der Waals surface area contributed by atoms with E-state index >= 15 is 0 Å². The molecule has 0 spiro atoms. The van der Waals surface area contributed by atoms with Crippen molar-refractivity contribution in [2.75, 3.05) is 5.32 Å². The molecule has 1 aromatic rings. The van der Waals surface area contributed by atoms with E-state index in [1.807, 2.05) is 41.5 Å². The Morgan fingerprint density at radius 2 is 1.62 bits per heavy atom. The fourth-order valence-corrected chi connectivity index (χ4v) is 1.32. The molecule has 0 atom stereocenters. The Kier molecular flexibility index (Phi) is 2.88. The average Bonchev–Trinajstić information content (AvgIpc) is 2.07. The molecule has 0 amide bonds. The second-order valence-electron chi connectivity index (χ2n) is 6.06. The third-order valence-corrected chi connectivity index (χ3v) is 1.85. The van der Waals surface area contributed by atoms with Crippen LogP contribution in [0.2, 0.25) is 0 Å². The highest BCUT2D eigenvalue weighted by molar-refractivity contribution is 5.61. The van der Waals surface area contributed by atoms with Crippen LogP contribution < -0.4 is 16.1 Å². The summed E-state index contributed by atoms with van der Waals surface area (Å²) in [5.74, 6) is -0.210. The molecule has 0 saturated carbocycles. The first-order valence-electron chi connectivity index (χ1n) is 5.37. The SMILES string of the molecule is CC(C)(C)/N=c1/c(NC(C)(C)C)c(O)c1=O. The van der Waals surface area contributed by atoms with Crippen LogP contribution in [0.5, 0.6) is 5.75 Å². The zero-order valence-electron chi connectivity index (χ0n) is 10.8. The first kappa shape index (κ1) is 12.7. The zero-order valence-corrected chi connectivity index (χ0v) is 10.8. The Morgan fingerprint density at radius 3 is 2.00 bits per heavy atom. The molecule has 4 heteroatoms. The molecule has 1 rings (SSSR count). The summed E-state index contributed by atoms with van der Waals surface area (Å²) in [4.78, 5) is 15.8. The van der Waals surface area contributed by atoms with Crippen LogP contribution in [-0.4, -0.2) is 16.2 Å². The minimum Gasteiger partial charge on any atom is -0.503 e. The first-order chi connectivity index (χ1) is 7.01. The van der Waals surface area contributed by atoms with Crippen LogP contribution >= 0.6 is 0 Å². The van der Waals surface area contributed by atoms with Crippen LogP contribution in [0.15, 0.2) is 9.79 Å². The zero-order chi connectivity index (χ0) is 12.7. The van der Waals surface area contributed by atoms with E-state index in [9.17, 15) is 9.90 Å². The van der Waals surface area contributed by atoms with Gasteiger partial charge < -0.3 is 10.4 Å². The van der Waals surface area contributed by atoms with E-state index in [0.717, 1.165) is 0 Å². The highest BCUT2D eigenvalue weighted by atomic mass is 16.3. The minimum atomic E-state index is -0.373. The summed E-state index contributed by atoms with van der Waals surface area (Å²) in [6.45, 7) is 11.6. The van der Waals surface area contributed by atoms with Crippen molar-refractivity contribution in [2.45, 2.75) is 52.6 Å². The van der Waals surface area contributed by atoms with Gasteiger partial charge in [-0.1, -0.05) is 0 Å². The van der Waals surface area contributed by atoms with Crippen molar-refractivity contribution < 1.29 is 5.11 Å². The molecule has 0 bridgehead atoms. The molecule has 1 aromatic carbocycles. The fraction of sp³-hybridized carbons (Fsp3) is 0.667. The van der Waals surface area contributed by atoms with Gasteiger partial charge in [0.05, 0.1) is 5.54 Å². The fourth-order valence-electron chi connectivity index (χ4n) is 1.32. The second kappa shape index (κ2) is 3.61. The molecule has 2 N–H and O–H groups in total. The number of hydrogen-bond acceptors (Lipinski definition) is 4. The van der Waals surface area contributed by atoms with Crippen LogP contribution in [0.4, 0.5) is 5.69 Å². The minimum absolute atomic E-state index is 0.206. The van der Waals surface area contributed by atoms with Gasteiger partial charge in [0, 0.05) is 5.54 Å². The molecule has 0 fully saturated rings. The van der Waals surface area contributed by atoms with E-state index in [-0.39, 0.29) is 22.3 Å². The third kappa shape index (κ3) is 2.84. The van der Waals surface area contributed by atoms with Crippen molar-refractivity contribution in [3.05, 3.63) is 15.6 Å². The van der Waals surface area contributed by atoms with Gasteiger partial charge in [-0.25, -0.2) is 0 Å². The summed E-state index contributed by atoms with van der Waals surface area (Å²) in [7, 11) is 0.